The van der Waals surface area contributed by atoms with Crippen molar-refractivity contribution >= 4 is 23.2 Å². The number of benzene rings is 1. The topological polar surface area (TPSA) is 57.1 Å². The van der Waals surface area contributed by atoms with E-state index < -0.39 is 0 Å². The molecule has 1 fully saturated rings. The van der Waals surface area contributed by atoms with Crippen molar-refractivity contribution in [3.05, 3.63) is 24.3 Å². The van der Waals surface area contributed by atoms with Crippen LogP contribution in [0.3, 0.4) is 0 Å². The molecule has 1 unspecified atom stereocenters. The molecule has 0 spiro atoms. The second kappa shape index (κ2) is 9.42. The van der Waals surface area contributed by atoms with Gasteiger partial charge in [-0.15, -0.1) is 0 Å². The molecule has 1 heterocycles. The number of amides is 2. The smallest absolute Gasteiger partial charge is 0.279 e. The van der Waals surface area contributed by atoms with Crippen LogP contribution in [0.15, 0.2) is 24.3 Å². The van der Waals surface area contributed by atoms with Gasteiger partial charge in [-0.3, -0.25) is 9.59 Å². The van der Waals surface area contributed by atoms with E-state index in [2.05, 4.69) is 22.3 Å². The monoisotopic (exact) mass is 347 g/mol. The highest BCUT2D eigenvalue weighted by atomic mass is 16.2. The molecule has 6 nitrogen and oxygen atoms in total. The molecule has 0 aliphatic carbocycles. The fourth-order valence-electron chi connectivity index (χ4n) is 3.04. The molecule has 2 rings (SSSR count). The van der Waals surface area contributed by atoms with Crippen LogP contribution in [-0.4, -0.2) is 64.0 Å². The number of hydrogen-bond donors (Lipinski definition) is 2. The van der Waals surface area contributed by atoms with E-state index in [1.807, 2.05) is 19.2 Å². The second-order valence-electron chi connectivity index (χ2n) is 7.10. The molecule has 0 saturated carbocycles. The van der Waals surface area contributed by atoms with Gasteiger partial charge >= 0.3 is 0 Å². The van der Waals surface area contributed by atoms with Crippen LogP contribution in [-0.2, 0) is 9.59 Å². The van der Waals surface area contributed by atoms with Crippen molar-refractivity contribution in [1.29, 1.82) is 0 Å². The molecule has 0 aromatic heterocycles. The molecule has 2 N–H and O–H groups in total. The minimum Gasteiger partial charge on any atom is -0.372 e. The highest BCUT2D eigenvalue weighted by Crippen LogP contribution is 2.21. The van der Waals surface area contributed by atoms with Crippen LogP contribution in [0.5, 0.6) is 0 Å². The standard InChI is InChI=1S/C19H30N4O2/c1-21(2)19(25)15-22(3)14-18(24)20-16-8-10-17(11-9-16)23-12-6-4-5-7-13-23/h8-11H,4-7,12-15H2,1-3H3,(H,20,24)/p+1. The average Bonchev–Trinajstić information content (AvgIpc) is 2.84. The van der Waals surface area contributed by atoms with Gasteiger partial charge in [-0.05, 0) is 37.1 Å². The second-order valence-corrected chi connectivity index (χ2v) is 7.10. The van der Waals surface area contributed by atoms with Gasteiger partial charge in [0.25, 0.3) is 11.8 Å². The molecule has 1 aliphatic heterocycles. The Kier molecular flexibility index (Phi) is 7.25. The van der Waals surface area contributed by atoms with Gasteiger partial charge in [0.05, 0.1) is 7.05 Å². The zero-order valence-corrected chi connectivity index (χ0v) is 15.7. The molecule has 25 heavy (non-hydrogen) atoms. The number of nitrogens with zero attached hydrogens (tertiary/aromatic N) is 2. The normalized spacial score (nSPS) is 16.0. The van der Waals surface area contributed by atoms with Crippen molar-refractivity contribution in [3.63, 3.8) is 0 Å². The van der Waals surface area contributed by atoms with Crippen LogP contribution in [0.2, 0.25) is 0 Å². The number of hydrogen-bond acceptors (Lipinski definition) is 3. The van der Waals surface area contributed by atoms with Crippen molar-refractivity contribution in [1.82, 2.24) is 4.90 Å². The summed E-state index contributed by atoms with van der Waals surface area (Å²) < 4.78 is 0. The third-order valence-electron chi connectivity index (χ3n) is 4.54. The molecule has 1 aromatic carbocycles. The van der Waals surface area contributed by atoms with E-state index in [0.29, 0.717) is 6.54 Å². The molecule has 2 amide bonds. The Balaban J connectivity index is 1.83. The molecule has 1 aromatic rings. The molecular weight excluding hydrogens is 316 g/mol. The lowest BCUT2D eigenvalue weighted by Crippen LogP contribution is -3.11. The van der Waals surface area contributed by atoms with Crippen molar-refractivity contribution in [2.75, 3.05) is 57.5 Å². The fraction of sp³-hybridized carbons (Fsp3) is 0.579. The fourth-order valence-corrected chi connectivity index (χ4v) is 3.04. The highest BCUT2D eigenvalue weighted by Gasteiger charge is 2.15. The number of nitrogens with one attached hydrogen (secondary N) is 2. The molecule has 6 heteroatoms. The number of carbonyl (C=O) groups excluding carboxylic acids is 2. The lowest BCUT2D eigenvalue weighted by Gasteiger charge is -2.22. The van der Waals surface area contributed by atoms with Gasteiger partial charge in [-0.25, -0.2) is 0 Å². The quantitative estimate of drug-likeness (QED) is 0.793. The maximum atomic E-state index is 12.1. The van der Waals surface area contributed by atoms with Gasteiger partial charge in [0.1, 0.15) is 0 Å². The summed E-state index contributed by atoms with van der Waals surface area (Å²) in [6.07, 6.45) is 5.13. The van der Waals surface area contributed by atoms with Gasteiger partial charge in [0.15, 0.2) is 13.1 Å². The SMILES string of the molecule is CN(C)C(=O)C[NH+](C)CC(=O)Nc1ccc(N2CCCCCC2)cc1. The van der Waals surface area contributed by atoms with E-state index >= 15 is 0 Å². The largest absolute Gasteiger partial charge is 0.372 e. The van der Waals surface area contributed by atoms with Crippen molar-refractivity contribution in [3.8, 4) is 0 Å². The van der Waals surface area contributed by atoms with Crippen molar-refractivity contribution < 1.29 is 14.5 Å². The number of anilines is 2. The molecule has 1 aliphatic rings. The minimum atomic E-state index is -0.0772. The lowest BCUT2D eigenvalue weighted by molar-refractivity contribution is -0.862. The van der Waals surface area contributed by atoms with E-state index in [1.54, 1.807) is 19.0 Å². The first kappa shape index (κ1) is 19.2. The maximum Gasteiger partial charge on any atom is 0.279 e. The molecule has 0 bridgehead atoms. The lowest BCUT2D eigenvalue weighted by atomic mass is 10.2. The Hall–Kier alpha value is -2.08. The Bertz CT molecular complexity index is 563. The predicted octanol–water partition coefficient (Wildman–Crippen LogP) is 0.608. The number of rotatable bonds is 6. The summed E-state index contributed by atoms with van der Waals surface area (Å²) in [5.74, 6) is -0.0568. The van der Waals surface area contributed by atoms with Crippen LogP contribution in [0.4, 0.5) is 11.4 Å². The van der Waals surface area contributed by atoms with Crippen molar-refractivity contribution in [2.45, 2.75) is 25.7 Å². The molecule has 1 atom stereocenters. The van der Waals surface area contributed by atoms with Crippen LogP contribution >= 0.6 is 0 Å². The van der Waals surface area contributed by atoms with Crippen LogP contribution in [0, 0.1) is 0 Å². The molecule has 138 valence electrons. The maximum absolute atomic E-state index is 12.1. The van der Waals surface area contributed by atoms with E-state index in [-0.39, 0.29) is 18.4 Å². The predicted molar refractivity (Wildman–Crippen MR) is 101 cm³/mol. The summed E-state index contributed by atoms with van der Waals surface area (Å²) in [5, 5.41) is 2.91. The Morgan fingerprint density at radius 2 is 1.64 bits per heavy atom. The first-order chi connectivity index (χ1) is 12.0. The number of carbonyl (C=O) groups is 2. The highest BCUT2D eigenvalue weighted by molar-refractivity contribution is 5.91. The Morgan fingerprint density at radius 1 is 1.04 bits per heavy atom. The summed E-state index contributed by atoms with van der Waals surface area (Å²) in [4.78, 5) is 28.7. The average molecular weight is 347 g/mol. The first-order valence-corrected chi connectivity index (χ1v) is 9.12. The van der Waals surface area contributed by atoms with Gasteiger partial charge in [0, 0.05) is 38.6 Å². The Labute approximate surface area is 150 Å². The summed E-state index contributed by atoms with van der Waals surface area (Å²) in [7, 11) is 5.30. The third kappa shape index (κ3) is 6.38. The number of quaternary nitrogens is 1. The van der Waals surface area contributed by atoms with Crippen LogP contribution in [0.25, 0.3) is 0 Å². The minimum absolute atomic E-state index is 0.0205. The van der Waals surface area contributed by atoms with Gasteiger partial charge in [0.2, 0.25) is 0 Å². The summed E-state index contributed by atoms with van der Waals surface area (Å²) in [5.41, 5.74) is 2.02. The first-order valence-electron chi connectivity index (χ1n) is 9.12. The summed E-state index contributed by atoms with van der Waals surface area (Å²) in [6.45, 7) is 2.81. The molecule has 1 saturated heterocycles. The number of likely N-dealkylation sites (N-methyl/N-ethyl adjacent to an activating group) is 2. The van der Waals surface area contributed by atoms with E-state index in [1.165, 1.54) is 31.4 Å². The summed E-state index contributed by atoms with van der Waals surface area (Å²) in [6, 6.07) is 8.07. The zero-order valence-electron chi connectivity index (χ0n) is 15.7. The molecular formula is C19H31N4O2+. The summed E-state index contributed by atoms with van der Waals surface area (Å²) >= 11 is 0. The van der Waals surface area contributed by atoms with E-state index in [4.69, 9.17) is 0 Å². The Morgan fingerprint density at radius 3 is 2.20 bits per heavy atom. The van der Waals surface area contributed by atoms with Gasteiger partial charge < -0.3 is 20.0 Å². The van der Waals surface area contributed by atoms with E-state index in [0.717, 1.165) is 23.7 Å². The van der Waals surface area contributed by atoms with Crippen molar-refractivity contribution in [2.24, 2.45) is 0 Å². The van der Waals surface area contributed by atoms with Crippen LogP contribution < -0.4 is 15.1 Å². The van der Waals surface area contributed by atoms with E-state index in [9.17, 15) is 9.59 Å². The van der Waals surface area contributed by atoms with Gasteiger partial charge in [-0.1, -0.05) is 12.8 Å². The van der Waals surface area contributed by atoms with Gasteiger partial charge in [-0.2, -0.15) is 0 Å². The third-order valence-corrected chi connectivity index (χ3v) is 4.54. The van der Waals surface area contributed by atoms with Crippen LogP contribution in [0.1, 0.15) is 25.7 Å². The molecule has 0 radical (unpaired) electrons. The zero-order chi connectivity index (χ0) is 18.2.